The second-order valence-electron chi connectivity index (χ2n) is 36.2. The number of aryl methyl sites for hydroxylation is 5. The first-order valence-electron chi connectivity index (χ1n) is 75.1. The SMILES string of the molecule is [2H]C([2H])(CC1CCC(NC(=O)N(C)C)CC1)N1C([2H])([2H])C([2H])([2H])N(c2cccc(C)c2Cl)C([2H])([2H])C1([2H])[2H].[2H]C([2H])(CN1C([2H])([2H])C([2H])([2H])N(c2cccc(C)c2Cl)C([2H])([2H])C1([2H])[2H])C1CCC(NC(=O)N(C)C)CC1.[2H]C([2H])([2H])N(C)C(=O)NC1([2H])C([2H])([2H])C([2H])([2H])C([2H])(C([2H])([2H])C([2H])([2H])N2CCN(c3cccc(C)c3Cl)CC2)C([2H])([2H])C1([2H])[2H].[2H]C([2H])([2H])N(C)C(=O)NC1CCC(CCN2C([2H])([2H])C([2H])([2H])N(c3cccc(C)c3Cl)C([2H])([2H])C2([2H])[2H])CC1.[2H]C1([2H])N(CCC2CCC(NC(=O)N(C)C)CC2)C([2H])([2H])C([2H])([2H])N(c2cccc(C)c2Cl)C1([2H])[2H]. The van der Waals surface area contributed by atoms with E-state index in [1.54, 1.807) is 130 Å². The summed E-state index contributed by atoms with van der Waals surface area (Å²) >= 11 is 31.8. The predicted molar refractivity (Wildman–Crippen MR) is 587 cm³/mol. The lowest BCUT2D eigenvalue weighted by molar-refractivity contribution is 0.194. The Morgan fingerprint density at radius 2 is 0.586 bits per heavy atom. The number of carbonyl (C=O) groups excluding carboxylic acids is 5. The van der Waals surface area contributed by atoms with E-state index in [0.717, 1.165) is 36.1 Å². The van der Waals surface area contributed by atoms with Crippen molar-refractivity contribution in [1.82, 2.24) is 75.6 Å². The second kappa shape index (κ2) is 57.6. The van der Waals surface area contributed by atoms with Crippen LogP contribution in [0.3, 0.4) is 0 Å². The van der Waals surface area contributed by atoms with Crippen molar-refractivity contribution in [2.24, 2.45) is 29.6 Å². The highest BCUT2D eigenvalue weighted by atomic mass is 35.5. The van der Waals surface area contributed by atoms with Crippen LogP contribution in [0.2, 0.25) is 25.1 Å². The number of halogens is 5. The molecule has 10 amide bonds. The molecule has 10 aliphatic rings. The fourth-order valence-electron chi connectivity index (χ4n) is 16.3. The molecule has 5 aromatic carbocycles. The highest BCUT2D eigenvalue weighted by molar-refractivity contribution is 6.35. The molecule has 0 spiro atoms. The number of nitrogens with zero attached hydrogens (tertiary/aromatic N) is 15. The van der Waals surface area contributed by atoms with E-state index in [1.165, 1.54) is 69.5 Å². The monoisotopic (exact) mass is 2090 g/mol. The topological polar surface area (TPSA) is 194 Å². The van der Waals surface area contributed by atoms with Crippen LogP contribution in [0.15, 0.2) is 91.0 Å². The maximum atomic E-state index is 12.7. The van der Waals surface area contributed by atoms with Gasteiger partial charge < -0.3 is 75.6 Å². The Labute approximate surface area is 946 Å². The fraction of sp³-hybridized carbons (Fsp3) is 0.682. The summed E-state index contributed by atoms with van der Waals surface area (Å²) in [5.74, 6) is -5.05. The van der Waals surface area contributed by atoms with Crippen LogP contribution in [0.5, 0.6) is 0 Å². The Morgan fingerprint density at radius 1 is 0.314 bits per heavy atom. The van der Waals surface area contributed by atoms with Gasteiger partial charge in [0.25, 0.3) is 0 Å². The van der Waals surface area contributed by atoms with Crippen molar-refractivity contribution in [2.75, 3.05) is 258 Å². The minimum Gasteiger partial charge on any atom is -0.368 e. The number of amides is 10. The van der Waals surface area contributed by atoms with Crippen molar-refractivity contribution in [3.8, 4) is 0 Å². The Bertz CT molecular complexity index is 7250. The third-order valence-electron chi connectivity index (χ3n) is 25.0. The number of hydrogen-bond acceptors (Lipinski definition) is 15. The van der Waals surface area contributed by atoms with Crippen molar-refractivity contribution in [3.05, 3.63) is 144 Å². The van der Waals surface area contributed by atoms with Crippen molar-refractivity contribution in [2.45, 2.75) is 225 Å². The Hall–Kier alpha value is -7.30. The lowest BCUT2D eigenvalue weighted by atomic mass is 9.84. The van der Waals surface area contributed by atoms with Gasteiger partial charge in [-0.15, -0.1) is 0 Å². The Balaban J connectivity index is 0.000000226. The van der Waals surface area contributed by atoms with Gasteiger partial charge in [-0.25, -0.2) is 24.0 Å². The Morgan fingerprint density at radius 3 is 0.893 bits per heavy atom. The summed E-state index contributed by atoms with van der Waals surface area (Å²) in [4.78, 5) is 71.8. The van der Waals surface area contributed by atoms with Gasteiger partial charge in [0.05, 0.1) is 76.9 Å². The molecule has 5 aromatic rings. The molecule has 0 atom stereocenters. The molecule has 25 nitrogen and oxygen atoms in total. The number of piperazine rings is 5. The first-order valence-corrected chi connectivity index (χ1v) is 49.0. The molecule has 15 rings (SSSR count). The lowest BCUT2D eigenvalue weighted by Crippen LogP contribution is -2.47. The molecule has 0 radical (unpaired) electrons. The minimum absolute atomic E-state index is 0.00563. The zero-order chi connectivity index (χ0) is 150. The van der Waals surface area contributed by atoms with Crippen LogP contribution in [0.4, 0.5) is 52.4 Å². The van der Waals surface area contributed by atoms with Gasteiger partial charge in [0.15, 0.2) is 0 Å². The smallest absolute Gasteiger partial charge is 0.317 e. The van der Waals surface area contributed by atoms with Crippen LogP contribution in [0.25, 0.3) is 0 Å². The quantitative estimate of drug-likeness (QED) is 0.0370. The molecule has 780 valence electrons. The summed E-state index contributed by atoms with van der Waals surface area (Å²) in [6.45, 7) is -54.3. The number of carbonyl (C=O) groups is 5. The lowest BCUT2D eigenvalue weighted by Gasteiger charge is -2.37. The van der Waals surface area contributed by atoms with E-state index in [2.05, 4.69) is 21.3 Å². The van der Waals surface area contributed by atoms with Crippen LogP contribution in [0, 0.1) is 64.2 Å². The molecule has 5 aliphatic carbocycles. The molecule has 10 fully saturated rings. The van der Waals surface area contributed by atoms with Crippen LogP contribution in [0.1, 0.15) is 265 Å². The molecule has 0 bridgehead atoms. The standard InChI is InChI=1S/5C22H35ClN4O/c5*1-17-5-4-6-20(21(17)23)27-15-13-26(14-16-27)12-11-18-7-9-19(10-8-18)24-22(28)25(2)3/h5*4-6,18-19H,7-16H2,1-3H3,(H,24,28)/i2D3,7D2,8D2,9D2,10D2,11D2,12D2,18D,19D;12D2,13D2,14D2,15D2,16D2;11D2,13D2,14D2,15D2,16D2;2D3,13D2,14D2,15D2,16D2;13D2,14D2,15D2,16D2. The van der Waals surface area contributed by atoms with Gasteiger partial charge in [-0.3, -0.25) is 24.5 Å². The van der Waals surface area contributed by atoms with E-state index in [9.17, 15) is 24.0 Å². The normalized spacial score (nSPS) is 38.3. The first kappa shape index (κ1) is 58.3. The molecule has 5 aliphatic heterocycles. The zero-order valence-electron chi connectivity index (χ0n) is 138. The predicted octanol–water partition coefficient (Wildman–Crippen LogP) is 20.0. The third kappa shape index (κ3) is 35.8. The van der Waals surface area contributed by atoms with Gasteiger partial charge in [0.1, 0.15) is 0 Å². The van der Waals surface area contributed by atoms with Crippen molar-refractivity contribution in [3.63, 3.8) is 0 Å². The van der Waals surface area contributed by atoms with Crippen molar-refractivity contribution < 1.29 is 101 Å². The van der Waals surface area contributed by atoms with E-state index >= 15 is 0 Å². The van der Waals surface area contributed by atoms with Crippen molar-refractivity contribution >= 4 is 117 Å². The highest BCUT2D eigenvalue weighted by Crippen LogP contribution is 2.39. The summed E-state index contributed by atoms with van der Waals surface area (Å²) < 4.78 is 478. The number of hydrogen-bond donors (Lipinski definition) is 5. The van der Waals surface area contributed by atoms with Crippen LogP contribution in [-0.4, -0.2) is 342 Å². The van der Waals surface area contributed by atoms with Crippen LogP contribution in [-0.2, 0) is 0 Å². The maximum absolute atomic E-state index is 12.7. The highest BCUT2D eigenvalue weighted by Gasteiger charge is 2.33. The summed E-state index contributed by atoms with van der Waals surface area (Å²) in [6.07, 6.45) is -13.7. The van der Waals surface area contributed by atoms with Gasteiger partial charge in [0.2, 0.25) is 0 Å². The van der Waals surface area contributed by atoms with Gasteiger partial charge in [-0.2, -0.15) is 0 Å². The van der Waals surface area contributed by atoms with E-state index in [1.807, 2.05) is 0 Å². The Kier molecular flexibility index (Phi) is 24.0. The molecule has 30 heteroatoms. The van der Waals surface area contributed by atoms with Crippen LogP contribution >= 0.6 is 58.0 Å². The van der Waals surface area contributed by atoms with E-state index in [-0.39, 0.29) is 165 Å². The number of benzene rings is 5. The van der Waals surface area contributed by atoms with E-state index in [0.29, 0.717) is 163 Å². The van der Waals surface area contributed by atoms with Gasteiger partial charge in [0, 0.05) is 284 Å². The molecule has 5 heterocycles. The number of anilines is 5. The summed E-state index contributed by atoms with van der Waals surface area (Å²) in [5.41, 5.74) is 2.74. The molecule has 0 aromatic heterocycles. The third-order valence-corrected chi connectivity index (χ3v) is 27.4. The van der Waals surface area contributed by atoms with Gasteiger partial charge in [-0.1, -0.05) is 119 Å². The first-order chi connectivity index (χ1) is 88.4. The number of urea groups is 5. The molecular weight excluding hydrogens is 1860 g/mol. The largest absolute Gasteiger partial charge is 0.368 e. The summed E-state index contributed by atoms with van der Waals surface area (Å²) in [5, 5.41) is 13.3. The molecule has 5 saturated heterocycles. The van der Waals surface area contributed by atoms with Crippen molar-refractivity contribution in [1.29, 1.82) is 0 Å². The van der Waals surface area contributed by atoms with E-state index < -0.39 is 206 Å². The van der Waals surface area contributed by atoms with Crippen LogP contribution < -0.4 is 51.1 Å². The fourth-order valence-corrected chi connectivity index (χ4v) is 17.3. The molecular formula is C110H175Cl5N20O5. The average molecular weight is 2090 g/mol. The molecule has 0 unspecified atom stereocenters. The zero-order valence-corrected chi connectivity index (χ0v) is 85.6. The number of nitrogens with one attached hydrogen (secondary N) is 5. The number of rotatable bonds is 25. The summed E-state index contributed by atoms with van der Waals surface area (Å²) in [6, 6.07) is 15.6. The van der Waals surface area contributed by atoms with Gasteiger partial charge >= 0.3 is 30.2 Å². The molecule has 140 heavy (non-hydrogen) atoms. The van der Waals surface area contributed by atoms with E-state index in [4.69, 9.17) is 135 Å². The maximum Gasteiger partial charge on any atom is 0.317 e. The summed E-state index contributed by atoms with van der Waals surface area (Å²) in [7, 11) is 11.7. The van der Waals surface area contributed by atoms with Gasteiger partial charge in [-0.05, 0) is 315 Å². The minimum atomic E-state index is -4.26. The average Bonchev–Trinajstić information content (AvgIpc) is 0.638. The second-order valence-corrected chi connectivity index (χ2v) is 38.1. The molecule has 5 saturated carbocycles. The molecule has 5 N–H and O–H groups in total.